The van der Waals surface area contributed by atoms with E-state index in [0.29, 0.717) is 12.2 Å². The Morgan fingerprint density at radius 2 is 1.89 bits per heavy atom. The van der Waals surface area contributed by atoms with E-state index in [0.717, 1.165) is 0 Å². The van der Waals surface area contributed by atoms with Gasteiger partial charge in [0.2, 0.25) is 0 Å². The molecule has 1 aromatic rings. The summed E-state index contributed by atoms with van der Waals surface area (Å²) in [6.45, 7) is 1.97. The number of ketones is 1. The maximum Gasteiger partial charge on any atom is 0.409 e. The highest BCUT2D eigenvalue weighted by molar-refractivity contribution is 7.84. The molecule has 0 saturated heterocycles. The summed E-state index contributed by atoms with van der Waals surface area (Å²) in [4.78, 5) is 11.8. The summed E-state index contributed by atoms with van der Waals surface area (Å²) < 4.78 is 17.2. The Labute approximate surface area is 118 Å². The number of hydrogen-bond donors (Lipinski definition) is 1. The first kappa shape index (κ1) is 16.2. The molecule has 0 aliphatic rings. The van der Waals surface area contributed by atoms with Crippen LogP contribution in [0.25, 0.3) is 0 Å². The molecule has 0 aromatic heterocycles. The molecule has 106 valence electrons. The molecule has 0 saturated carbocycles. The fourth-order valence-corrected chi connectivity index (χ4v) is 3.26. The van der Waals surface area contributed by atoms with Crippen molar-refractivity contribution in [1.29, 1.82) is 0 Å². The molecule has 0 spiro atoms. The van der Waals surface area contributed by atoms with Crippen LogP contribution in [0.15, 0.2) is 30.3 Å². The van der Waals surface area contributed by atoms with Gasteiger partial charge in [-0.15, -0.1) is 0 Å². The maximum atomic E-state index is 12.1. The van der Waals surface area contributed by atoms with Crippen LogP contribution in [0.5, 0.6) is 5.75 Å². The van der Waals surface area contributed by atoms with Crippen molar-refractivity contribution < 1.29 is 13.9 Å². The minimum atomic E-state index is -3.57. The van der Waals surface area contributed by atoms with Gasteiger partial charge in [-0.2, -0.15) is 0 Å². The van der Waals surface area contributed by atoms with E-state index in [-0.39, 0.29) is 11.7 Å². The molecule has 0 aliphatic carbocycles. The lowest BCUT2D eigenvalue weighted by Gasteiger charge is -2.18. The maximum absolute atomic E-state index is 12.1. The van der Waals surface area contributed by atoms with Crippen molar-refractivity contribution in [2.75, 3.05) is 0 Å². The van der Waals surface area contributed by atoms with Crippen LogP contribution in [0.3, 0.4) is 0 Å². The SMILES string of the molecule is CC(C)CC(=O)C(C)NP(=O)(Cl)Oc1ccccc1. The average Bonchev–Trinajstić information content (AvgIpc) is 2.27. The van der Waals surface area contributed by atoms with Crippen molar-refractivity contribution in [3.8, 4) is 5.75 Å². The van der Waals surface area contributed by atoms with E-state index < -0.39 is 12.9 Å². The summed E-state index contributed by atoms with van der Waals surface area (Å²) in [7, 11) is 0. The number of hydrogen-bond acceptors (Lipinski definition) is 3. The molecule has 0 heterocycles. The Balaban J connectivity index is 2.59. The van der Waals surface area contributed by atoms with Crippen molar-refractivity contribution in [1.82, 2.24) is 5.09 Å². The highest BCUT2D eigenvalue weighted by Crippen LogP contribution is 2.48. The molecule has 2 unspecified atom stereocenters. The molecule has 1 N–H and O–H groups in total. The topological polar surface area (TPSA) is 55.4 Å². The van der Waals surface area contributed by atoms with E-state index in [1.54, 1.807) is 31.2 Å². The third-order valence-electron chi connectivity index (χ3n) is 2.41. The van der Waals surface area contributed by atoms with Gasteiger partial charge in [0.15, 0.2) is 0 Å². The first-order chi connectivity index (χ1) is 8.80. The Hall–Kier alpha value is -0.830. The van der Waals surface area contributed by atoms with Crippen molar-refractivity contribution in [2.45, 2.75) is 33.2 Å². The fourth-order valence-electron chi connectivity index (χ4n) is 1.53. The number of carbonyl (C=O) groups excluding carboxylic acids is 1. The molecule has 19 heavy (non-hydrogen) atoms. The molecule has 6 heteroatoms. The summed E-state index contributed by atoms with van der Waals surface area (Å²) in [6.07, 6.45) is 0.413. The van der Waals surface area contributed by atoms with Crippen LogP contribution in [0.1, 0.15) is 27.2 Å². The van der Waals surface area contributed by atoms with E-state index in [1.165, 1.54) is 0 Å². The number of Topliss-reactive ketones (excluding diaryl/α,β-unsaturated/α-hetero) is 1. The quantitative estimate of drug-likeness (QED) is 0.773. The van der Waals surface area contributed by atoms with Crippen molar-refractivity contribution in [3.05, 3.63) is 30.3 Å². The smallest absolute Gasteiger partial charge is 0.409 e. The number of nitrogens with one attached hydrogen (secondary N) is 1. The zero-order chi connectivity index (χ0) is 14.5. The highest BCUT2D eigenvalue weighted by atomic mass is 35.7. The van der Waals surface area contributed by atoms with Crippen LogP contribution < -0.4 is 9.61 Å². The van der Waals surface area contributed by atoms with Gasteiger partial charge < -0.3 is 4.52 Å². The lowest BCUT2D eigenvalue weighted by Crippen LogP contribution is -2.32. The third kappa shape index (κ3) is 6.24. The Bertz CT molecular complexity index is 464. The Kier molecular flexibility index (Phi) is 6.05. The van der Waals surface area contributed by atoms with Gasteiger partial charge in [-0.25, -0.2) is 9.65 Å². The van der Waals surface area contributed by atoms with Crippen LogP contribution in [0.4, 0.5) is 0 Å². The Morgan fingerprint density at radius 1 is 1.32 bits per heavy atom. The number of benzene rings is 1. The number of halogens is 1. The normalized spacial score (nSPS) is 15.8. The minimum absolute atomic E-state index is 0.0347. The van der Waals surface area contributed by atoms with Crippen LogP contribution >= 0.6 is 18.1 Å². The molecule has 1 aromatic carbocycles. The van der Waals surface area contributed by atoms with Gasteiger partial charge in [0.1, 0.15) is 11.5 Å². The highest BCUT2D eigenvalue weighted by Gasteiger charge is 2.27. The summed E-state index contributed by atoms with van der Waals surface area (Å²) >= 11 is 5.82. The van der Waals surface area contributed by atoms with Crippen molar-refractivity contribution >= 4 is 23.9 Å². The minimum Gasteiger partial charge on any atom is -0.422 e. The number of carbonyl (C=O) groups is 1. The van der Waals surface area contributed by atoms with E-state index in [9.17, 15) is 9.36 Å². The van der Waals surface area contributed by atoms with E-state index in [1.807, 2.05) is 19.9 Å². The predicted octanol–water partition coefficient (Wildman–Crippen LogP) is 4.01. The second kappa shape index (κ2) is 7.09. The lowest BCUT2D eigenvalue weighted by atomic mass is 10.0. The molecule has 0 radical (unpaired) electrons. The monoisotopic (exact) mass is 303 g/mol. The molecule has 2 atom stereocenters. The van der Waals surface area contributed by atoms with E-state index >= 15 is 0 Å². The first-order valence-electron chi connectivity index (χ1n) is 6.15. The summed E-state index contributed by atoms with van der Waals surface area (Å²) in [5, 5.41) is 2.56. The summed E-state index contributed by atoms with van der Waals surface area (Å²) in [5.41, 5.74) is 0. The molecule has 0 bridgehead atoms. The predicted molar refractivity (Wildman–Crippen MR) is 77.6 cm³/mol. The zero-order valence-electron chi connectivity index (χ0n) is 11.3. The molecule has 0 amide bonds. The fraction of sp³-hybridized carbons (Fsp3) is 0.462. The van der Waals surface area contributed by atoms with E-state index in [4.69, 9.17) is 15.8 Å². The van der Waals surface area contributed by atoms with Crippen LogP contribution in [-0.2, 0) is 9.36 Å². The third-order valence-corrected chi connectivity index (χ3v) is 4.05. The van der Waals surface area contributed by atoms with E-state index in [2.05, 4.69) is 5.09 Å². The molecule has 0 aliphatic heterocycles. The zero-order valence-corrected chi connectivity index (χ0v) is 12.9. The Morgan fingerprint density at radius 3 is 2.42 bits per heavy atom. The molecule has 1 rings (SSSR count). The number of para-hydroxylation sites is 1. The van der Waals surface area contributed by atoms with Gasteiger partial charge in [-0.1, -0.05) is 32.0 Å². The molecular formula is C13H19ClNO3P. The van der Waals surface area contributed by atoms with Gasteiger partial charge in [0.05, 0.1) is 6.04 Å². The van der Waals surface area contributed by atoms with Gasteiger partial charge in [-0.3, -0.25) is 4.79 Å². The summed E-state index contributed by atoms with van der Waals surface area (Å²) in [5.74, 6) is 0.617. The van der Waals surface area contributed by atoms with Gasteiger partial charge in [0.25, 0.3) is 0 Å². The van der Waals surface area contributed by atoms with Gasteiger partial charge in [0, 0.05) is 17.7 Å². The van der Waals surface area contributed by atoms with Crippen molar-refractivity contribution in [3.63, 3.8) is 0 Å². The summed E-state index contributed by atoms with van der Waals surface area (Å²) in [6, 6.07) is 8.01. The molecule has 4 nitrogen and oxygen atoms in total. The van der Waals surface area contributed by atoms with Crippen LogP contribution in [0.2, 0.25) is 0 Å². The van der Waals surface area contributed by atoms with Crippen LogP contribution in [0, 0.1) is 5.92 Å². The van der Waals surface area contributed by atoms with Gasteiger partial charge in [-0.05, 0) is 25.0 Å². The molecular weight excluding hydrogens is 285 g/mol. The van der Waals surface area contributed by atoms with Crippen molar-refractivity contribution in [2.24, 2.45) is 5.92 Å². The lowest BCUT2D eigenvalue weighted by molar-refractivity contribution is -0.121. The second-order valence-corrected chi connectivity index (χ2v) is 7.53. The van der Waals surface area contributed by atoms with Gasteiger partial charge >= 0.3 is 6.87 Å². The average molecular weight is 304 g/mol. The number of rotatable bonds is 7. The second-order valence-electron chi connectivity index (χ2n) is 4.80. The molecule has 0 fully saturated rings. The standard InChI is InChI=1S/C13H19ClNO3P/c1-10(2)9-13(16)11(3)15-19(14,17)18-12-7-5-4-6-8-12/h4-8,10-11H,9H2,1-3H3,(H,15,17). The van der Waals surface area contributed by atoms with Crippen LogP contribution in [-0.4, -0.2) is 11.8 Å². The first-order valence-corrected chi connectivity index (χ1v) is 8.68. The largest absolute Gasteiger partial charge is 0.422 e.